The Labute approximate surface area is 264 Å². The monoisotopic (exact) mass is 626 g/mol. The molecule has 230 valence electrons. The van der Waals surface area contributed by atoms with Gasteiger partial charge in [-0.05, 0) is 66.1 Å². The molecule has 0 spiro atoms. The second-order valence-corrected chi connectivity index (χ2v) is 11.3. The Morgan fingerprint density at radius 2 is 1.69 bits per heavy atom. The SMILES string of the molecule is COc1cccc(CN2C(=O)C(c3ccc(NC(=O)[C@H](C)NC(=O)OCc4ccccc4)cc3)SC2=Nc2cccc(F)c2)c1. The van der Waals surface area contributed by atoms with Crippen LogP contribution in [0.25, 0.3) is 0 Å². The Balaban J connectivity index is 1.25. The Morgan fingerprint density at radius 3 is 2.42 bits per heavy atom. The summed E-state index contributed by atoms with van der Waals surface area (Å²) in [7, 11) is 1.58. The Bertz CT molecular complexity index is 1700. The van der Waals surface area contributed by atoms with Crippen molar-refractivity contribution in [3.63, 3.8) is 0 Å². The van der Waals surface area contributed by atoms with E-state index in [1.807, 2.05) is 54.6 Å². The van der Waals surface area contributed by atoms with Crippen molar-refractivity contribution in [1.82, 2.24) is 10.2 Å². The smallest absolute Gasteiger partial charge is 0.408 e. The number of thioether (sulfide) groups is 1. The first-order valence-electron chi connectivity index (χ1n) is 14.1. The number of hydrogen-bond donors (Lipinski definition) is 2. The molecule has 45 heavy (non-hydrogen) atoms. The van der Waals surface area contributed by atoms with Crippen molar-refractivity contribution in [3.8, 4) is 5.75 Å². The number of amidine groups is 1. The molecule has 9 nitrogen and oxygen atoms in total. The molecular weight excluding hydrogens is 595 g/mol. The topological polar surface area (TPSA) is 109 Å². The number of benzene rings is 4. The number of nitrogens with zero attached hydrogens (tertiary/aromatic N) is 2. The second kappa shape index (κ2) is 14.5. The van der Waals surface area contributed by atoms with Gasteiger partial charge >= 0.3 is 6.09 Å². The van der Waals surface area contributed by atoms with Gasteiger partial charge in [-0.2, -0.15) is 0 Å². The van der Waals surface area contributed by atoms with Crippen LogP contribution in [0.15, 0.2) is 108 Å². The van der Waals surface area contributed by atoms with Crippen LogP contribution in [0.1, 0.15) is 28.9 Å². The van der Waals surface area contributed by atoms with Crippen LogP contribution in [0.5, 0.6) is 5.75 Å². The van der Waals surface area contributed by atoms with Crippen molar-refractivity contribution in [2.24, 2.45) is 4.99 Å². The van der Waals surface area contributed by atoms with E-state index in [9.17, 15) is 18.8 Å². The molecule has 1 saturated heterocycles. The highest BCUT2D eigenvalue weighted by Crippen LogP contribution is 2.41. The summed E-state index contributed by atoms with van der Waals surface area (Å²) in [6.45, 7) is 1.89. The fraction of sp³-hybridized carbons (Fsp3) is 0.176. The third kappa shape index (κ3) is 8.27. The highest BCUT2D eigenvalue weighted by atomic mass is 32.2. The number of halogens is 1. The number of aliphatic imine (C=N–C) groups is 1. The Hall–Kier alpha value is -5.16. The van der Waals surface area contributed by atoms with Gasteiger partial charge in [-0.3, -0.25) is 14.5 Å². The summed E-state index contributed by atoms with van der Waals surface area (Å²) in [5.41, 5.74) is 3.28. The lowest BCUT2D eigenvalue weighted by molar-refractivity contribution is -0.126. The number of carbonyl (C=O) groups excluding carboxylic acids is 3. The third-order valence-corrected chi connectivity index (χ3v) is 8.11. The predicted octanol–water partition coefficient (Wildman–Crippen LogP) is 6.59. The highest BCUT2D eigenvalue weighted by Gasteiger charge is 2.39. The fourth-order valence-corrected chi connectivity index (χ4v) is 5.68. The quantitative estimate of drug-likeness (QED) is 0.206. The minimum atomic E-state index is -0.855. The van der Waals surface area contributed by atoms with Crippen LogP contribution in [0, 0.1) is 5.82 Å². The highest BCUT2D eigenvalue weighted by molar-refractivity contribution is 8.15. The molecule has 1 heterocycles. The maximum atomic E-state index is 13.9. The zero-order valence-electron chi connectivity index (χ0n) is 24.6. The molecule has 0 radical (unpaired) electrons. The van der Waals surface area contributed by atoms with E-state index in [4.69, 9.17) is 9.47 Å². The molecule has 4 aromatic carbocycles. The molecule has 4 aromatic rings. The van der Waals surface area contributed by atoms with Gasteiger partial charge in [0.15, 0.2) is 5.17 Å². The summed E-state index contributed by atoms with van der Waals surface area (Å²) in [5.74, 6) is -0.368. The van der Waals surface area contributed by atoms with Gasteiger partial charge in [0.1, 0.15) is 29.5 Å². The fourth-order valence-electron chi connectivity index (χ4n) is 4.51. The number of carbonyl (C=O) groups is 3. The van der Waals surface area contributed by atoms with Crippen molar-refractivity contribution in [2.75, 3.05) is 12.4 Å². The predicted molar refractivity (Wildman–Crippen MR) is 172 cm³/mol. The van der Waals surface area contributed by atoms with Gasteiger partial charge in [0.2, 0.25) is 11.8 Å². The standard InChI is InChI=1S/C34H31FN4O5S/c1-22(36-34(42)44-21-23-8-4-3-5-9-23)31(40)37-27-16-14-25(15-17-27)30-32(41)39(20-24-10-6-13-29(18-24)43-2)33(45-30)38-28-12-7-11-26(35)19-28/h3-19,22,30H,20-21H2,1-2H3,(H,36,42)(H,37,40)/t22-,30?/m0/s1. The summed E-state index contributed by atoms with van der Waals surface area (Å²) >= 11 is 1.27. The molecule has 0 aliphatic carbocycles. The molecule has 3 amide bonds. The van der Waals surface area contributed by atoms with Gasteiger partial charge in [0.25, 0.3) is 0 Å². The van der Waals surface area contributed by atoms with Gasteiger partial charge in [-0.25, -0.2) is 14.2 Å². The summed E-state index contributed by atoms with van der Waals surface area (Å²) in [5, 5.41) is 5.12. The van der Waals surface area contributed by atoms with Crippen LogP contribution < -0.4 is 15.4 Å². The molecule has 5 rings (SSSR count). The van der Waals surface area contributed by atoms with Crippen molar-refractivity contribution in [3.05, 3.63) is 126 Å². The van der Waals surface area contributed by atoms with Crippen LogP contribution in [-0.4, -0.2) is 41.1 Å². The first kappa shape index (κ1) is 31.3. The van der Waals surface area contributed by atoms with E-state index in [-0.39, 0.29) is 19.1 Å². The van der Waals surface area contributed by atoms with E-state index in [0.717, 1.165) is 11.1 Å². The van der Waals surface area contributed by atoms with E-state index in [1.54, 1.807) is 55.3 Å². The lowest BCUT2D eigenvalue weighted by Gasteiger charge is -2.17. The zero-order valence-corrected chi connectivity index (χ0v) is 25.4. The van der Waals surface area contributed by atoms with Gasteiger partial charge in [0, 0.05) is 5.69 Å². The van der Waals surface area contributed by atoms with Crippen molar-refractivity contribution in [2.45, 2.75) is 31.4 Å². The maximum absolute atomic E-state index is 13.9. The summed E-state index contributed by atoms with van der Waals surface area (Å²) < 4.78 is 24.4. The molecule has 0 aromatic heterocycles. The first-order valence-corrected chi connectivity index (χ1v) is 15.0. The lowest BCUT2D eigenvalue weighted by atomic mass is 10.1. The van der Waals surface area contributed by atoms with Gasteiger partial charge in [-0.15, -0.1) is 0 Å². The number of hydrogen-bond acceptors (Lipinski definition) is 7. The van der Waals surface area contributed by atoms with Crippen LogP contribution in [-0.2, 0) is 27.5 Å². The third-order valence-electron chi connectivity index (χ3n) is 6.87. The summed E-state index contributed by atoms with van der Waals surface area (Å²) in [6, 6.07) is 28.6. The van der Waals surface area contributed by atoms with Crippen LogP contribution in [0.4, 0.5) is 20.6 Å². The number of methoxy groups -OCH3 is 1. The number of alkyl carbamates (subject to hydrolysis) is 1. The van der Waals surface area contributed by atoms with E-state index in [2.05, 4.69) is 15.6 Å². The molecule has 1 fully saturated rings. The van der Waals surface area contributed by atoms with Crippen LogP contribution in [0.3, 0.4) is 0 Å². The average molecular weight is 627 g/mol. The number of ether oxygens (including phenoxy) is 2. The number of nitrogens with one attached hydrogen (secondary N) is 2. The molecule has 2 atom stereocenters. The second-order valence-electron chi connectivity index (χ2n) is 10.2. The van der Waals surface area contributed by atoms with Crippen molar-refractivity contribution >= 4 is 46.2 Å². The summed E-state index contributed by atoms with van der Waals surface area (Å²) in [6.07, 6.45) is -0.706. The zero-order chi connectivity index (χ0) is 31.8. The van der Waals surface area contributed by atoms with Crippen molar-refractivity contribution < 1.29 is 28.2 Å². The van der Waals surface area contributed by atoms with E-state index < -0.39 is 29.1 Å². The van der Waals surface area contributed by atoms with E-state index in [0.29, 0.717) is 27.9 Å². The van der Waals surface area contributed by atoms with E-state index >= 15 is 0 Å². The molecule has 0 bridgehead atoms. The minimum Gasteiger partial charge on any atom is -0.497 e. The van der Waals surface area contributed by atoms with Crippen molar-refractivity contribution in [1.29, 1.82) is 0 Å². The number of amides is 3. The molecule has 2 N–H and O–H groups in total. The van der Waals surface area contributed by atoms with Gasteiger partial charge < -0.3 is 20.1 Å². The largest absolute Gasteiger partial charge is 0.497 e. The molecular formula is C34H31FN4O5S. The number of anilines is 1. The van der Waals surface area contributed by atoms with Crippen LogP contribution >= 0.6 is 11.8 Å². The van der Waals surface area contributed by atoms with E-state index in [1.165, 1.54) is 23.9 Å². The maximum Gasteiger partial charge on any atom is 0.408 e. The molecule has 11 heteroatoms. The lowest BCUT2D eigenvalue weighted by Crippen LogP contribution is -2.41. The average Bonchev–Trinajstić information content (AvgIpc) is 3.34. The molecule has 1 unspecified atom stereocenters. The molecule has 1 aliphatic heterocycles. The Morgan fingerprint density at radius 1 is 0.956 bits per heavy atom. The first-order chi connectivity index (χ1) is 21.8. The van der Waals surface area contributed by atoms with Gasteiger partial charge in [0.05, 0.1) is 19.3 Å². The van der Waals surface area contributed by atoms with Gasteiger partial charge in [-0.1, -0.05) is 72.4 Å². The molecule has 0 saturated carbocycles. The number of rotatable bonds is 10. The minimum absolute atomic E-state index is 0.0893. The Kier molecular flexibility index (Phi) is 10.1. The molecule has 1 aliphatic rings. The van der Waals surface area contributed by atoms with Crippen LogP contribution in [0.2, 0.25) is 0 Å². The normalized spacial score (nSPS) is 15.9. The summed E-state index contributed by atoms with van der Waals surface area (Å²) in [4.78, 5) is 44.8.